The number of thioether (sulfide) groups is 1. The fraction of sp³-hybridized carbons (Fsp3) is 0.909. The Kier molecular flexibility index (Phi) is 4.49. The Morgan fingerprint density at radius 3 is 2.62 bits per heavy atom. The number of carbonyl (C=O) groups excluding carboxylic acids is 1. The van der Waals surface area contributed by atoms with E-state index in [1.165, 1.54) is 17.9 Å². The molecule has 0 aromatic carbocycles. The number of amides is 1. The summed E-state index contributed by atoms with van der Waals surface area (Å²) in [5, 5.41) is 3.73. The van der Waals surface area contributed by atoms with Crippen LogP contribution in [-0.4, -0.2) is 54.0 Å². The van der Waals surface area contributed by atoms with Gasteiger partial charge in [0.05, 0.1) is 6.54 Å². The highest BCUT2D eigenvalue weighted by Crippen LogP contribution is 2.19. The van der Waals surface area contributed by atoms with Crippen LogP contribution in [-0.2, 0) is 4.79 Å². The zero-order chi connectivity index (χ0) is 11.4. The Morgan fingerprint density at radius 1 is 1.31 bits per heavy atom. The van der Waals surface area contributed by atoms with Crippen molar-refractivity contribution in [1.82, 2.24) is 10.2 Å². The number of piperidine rings is 1. The van der Waals surface area contributed by atoms with Crippen molar-refractivity contribution < 1.29 is 4.79 Å². The van der Waals surface area contributed by atoms with E-state index in [1.807, 2.05) is 11.8 Å². The lowest BCUT2D eigenvalue weighted by Crippen LogP contribution is -2.47. The molecule has 2 heterocycles. The molecule has 0 spiro atoms. The average Bonchev–Trinajstić information content (AvgIpc) is 2.73. The van der Waals surface area contributed by atoms with Crippen LogP contribution in [0.25, 0.3) is 0 Å². The maximum Gasteiger partial charge on any atom is 0.231 e. The van der Waals surface area contributed by atoms with Gasteiger partial charge in [-0.25, -0.2) is 0 Å². The highest BCUT2D eigenvalue weighted by molar-refractivity contribution is 7.99. The van der Waals surface area contributed by atoms with E-state index < -0.39 is 0 Å². The van der Waals surface area contributed by atoms with Crippen LogP contribution in [0.1, 0.15) is 19.3 Å². The molecule has 2 saturated heterocycles. The minimum Gasteiger partial charge on any atom is -0.369 e. The van der Waals surface area contributed by atoms with Crippen molar-refractivity contribution in [3.8, 4) is 0 Å². The summed E-state index contributed by atoms with van der Waals surface area (Å²) in [7, 11) is 0. The van der Waals surface area contributed by atoms with Gasteiger partial charge in [-0.3, -0.25) is 9.69 Å². The Morgan fingerprint density at radius 2 is 2.06 bits per heavy atom. The van der Waals surface area contributed by atoms with Gasteiger partial charge in [-0.2, -0.15) is 11.8 Å². The molecule has 0 aromatic rings. The number of nitrogens with one attached hydrogen (secondary N) is 1. The van der Waals surface area contributed by atoms with Crippen LogP contribution in [0.15, 0.2) is 0 Å². The van der Waals surface area contributed by atoms with Gasteiger partial charge in [0.25, 0.3) is 0 Å². The average molecular weight is 243 g/mol. The van der Waals surface area contributed by atoms with E-state index in [4.69, 9.17) is 5.73 Å². The minimum absolute atomic E-state index is 0.210. The first kappa shape index (κ1) is 12.2. The van der Waals surface area contributed by atoms with Gasteiger partial charge in [-0.15, -0.1) is 0 Å². The number of primary amides is 1. The Hall–Kier alpha value is -0.260. The number of nitrogens with zero attached hydrogens (tertiary/aromatic N) is 1. The van der Waals surface area contributed by atoms with E-state index in [0.29, 0.717) is 12.6 Å². The molecule has 2 aliphatic rings. The van der Waals surface area contributed by atoms with E-state index in [0.717, 1.165) is 32.0 Å². The van der Waals surface area contributed by atoms with Crippen molar-refractivity contribution in [2.45, 2.75) is 31.3 Å². The van der Waals surface area contributed by atoms with Crippen molar-refractivity contribution in [2.75, 3.05) is 31.1 Å². The fourth-order valence-corrected chi connectivity index (χ4v) is 3.64. The zero-order valence-electron chi connectivity index (χ0n) is 9.65. The third-order valence-electron chi connectivity index (χ3n) is 3.37. The molecule has 92 valence electrons. The molecule has 16 heavy (non-hydrogen) atoms. The second-order valence-electron chi connectivity index (χ2n) is 4.74. The van der Waals surface area contributed by atoms with Crippen molar-refractivity contribution in [2.24, 2.45) is 5.73 Å². The Labute approximate surface area is 101 Å². The molecule has 1 amide bonds. The number of likely N-dealkylation sites (tertiary alicyclic amines) is 1. The van der Waals surface area contributed by atoms with Crippen LogP contribution >= 0.6 is 11.8 Å². The van der Waals surface area contributed by atoms with Gasteiger partial charge in [-0.05, 0) is 25.0 Å². The molecule has 2 rings (SSSR count). The number of carbonyl (C=O) groups is 1. The molecular weight excluding hydrogens is 222 g/mol. The monoisotopic (exact) mass is 243 g/mol. The first-order valence-electron chi connectivity index (χ1n) is 6.08. The van der Waals surface area contributed by atoms with Gasteiger partial charge in [-0.1, -0.05) is 0 Å². The standard InChI is InChI=1S/C11H21N3OS/c12-11(15)7-14-4-1-9(2-5-14)13-10-3-6-16-8-10/h9-10,13H,1-8H2,(H2,12,15). The van der Waals surface area contributed by atoms with E-state index >= 15 is 0 Å². The van der Waals surface area contributed by atoms with Crippen LogP contribution in [0.5, 0.6) is 0 Å². The normalized spacial score (nSPS) is 28.4. The summed E-state index contributed by atoms with van der Waals surface area (Å²) >= 11 is 2.05. The summed E-state index contributed by atoms with van der Waals surface area (Å²) in [6, 6.07) is 1.37. The van der Waals surface area contributed by atoms with Gasteiger partial charge in [0.2, 0.25) is 5.91 Å². The van der Waals surface area contributed by atoms with Crippen LogP contribution < -0.4 is 11.1 Å². The fourth-order valence-electron chi connectivity index (χ4n) is 2.48. The molecule has 1 atom stereocenters. The second kappa shape index (κ2) is 5.89. The molecule has 1 unspecified atom stereocenters. The van der Waals surface area contributed by atoms with E-state index in [2.05, 4.69) is 10.2 Å². The summed E-state index contributed by atoms with van der Waals surface area (Å²) in [6.07, 6.45) is 3.61. The minimum atomic E-state index is -0.210. The summed E-state index contributed by atoms with van der Waals surface area (Å²) in [6.45, 7) is 2.42. The number of nitrogens with two attached hydrogens (primary N) is 1. The summed E-state index contributed by atoms with van der Waals surface area (Å²) in [5.74, 6) is 2.36. The molecule has 2 fully saturated rings. The van der Waals surface area contributed by atoms with Crippen LogP contribution in [0.3, 0.4) is 0 Å². The highest BCUT2D eigenvalue weighted by Gasteiger charge is 2.23. The largest absolute Gasteiger partial charge is 0.369 e. The number of hydrogen-bond acceptors (Lipinski definition) is 4. The highest BCUT2D eigenvalue weighted by atomic mass is 32.2. The van der Waals surface area contributed by atoms with Crippen LogP contribution in [0, 0.1) is 0 Å². The molecule has 3 N–H and O–H groups in total. The third kappa shape index (κ3) is 3.64. The molecule has 0 radical (unpaired) electrons. The van der Waals surface area contributed by atoms with Crippen LogP contribution in [0.4, 0.5) is 0 Å². The predicted molar refractivity (Wildman–Crippen MR) is 67.5 cm³/mol. The Balaban J connectivity index is 1.66. The summed E-state index contributed by atoms with van der Waals surface area (Å²) in [5.41, 5.74) is 5.19. The van der Waals surface area contributed by atoms with Crippen LogP contribution in [0.2, 0.25) is 0 Å². The van der Waals surface area contributed by atoms with Gasteiger partial charge < -0.3 is 11.1 Å². The van der Waals surface area contributed by atoms with Crippen molar-refractivity contribution in [3.05, 3.63) is 0 Å². The third-order valence-corrected chi connectivity index (χ3v) is 4.53. The van der Waals surface area contributed by atoms with E-state index in [9.17, 15) is 4.79 Å². The molecular formula is C11H21N3OS. The first-order chi connectivity index (χ1) is 7.74. The van der Waals surface area contributed by atoms with E-state index in [1.54, 1.807) is 0 Å². The van der Waals surface area contributed by atoms with Crippen molar-refractivity contribution in [3.63, 3.8) is 0 Å². The SMILES string of the molecule is NC(=O)CN1CCC(NC2CCSC2)CC1. The molecule has 0 bridgehead atoms. The smallest absolute Gasteiger partial charge is 0.231 e. The second-order valence-corrected chi connectivity index (χ2v) is 5.89. The quantitative estimate of drug-likeness (QED) is 0.731. The predicted octanol–water partition coefficient (Wildman–Crippen LogP) is 0.0312. The topological polar surface area (TPSA) is 58.4 Å². The van der Waals surface area contributed by atoms with Gasteiger partial charge in [0.15, 0.2) is 0 Å². The summed E-state index contributed by atoms with van der Waals surface area (Å²) in [4.78, 5) is 12.9. The molecule has 0 saturated carbocycles. The lowest BCUT2D eigenvalue weighted by molar-refractivity contribution is -0.119. The number of rotatable bonds is 4. The Bertz CT molecular complexity index is 235. The lowest BCUT2D eigenvalue weighted by Gasteiger charge is -2.33. The zero-order valence-corrected chi connectivity index (χ0v) is 10.5. The van der Waals surface area contributed by atoms with E-state index in [-0.39, 0.29) is 5.91 Å². The lowest BCUT2D eigenvalue weighted by atomic mass is 10.0. The van der Waals surface area contributed by atoms with Gasteiger partial charge in [0.1, 0.15) is 0 Å². The molecule has 0 aromatic heterocycles. The number of hydrogen-bond donors (Lipinski definition) is 2. The van der Waals surface area contributed by atoms with Crippen molar-refractivity contribution in [1.29, 1.82) is 0 Å². The maximum atomic E-state index is 10.8. The molecule has 5 heteroatoms. The van der Waals surface area contributed by atoms with Crippen molar-refractivity contribution >= 4 is 17.7 Å². The molecule has 0 aliphatic carbocycles. The first-order valence-corrected chi connectivity index (χ1v) is 7.24. The maximum absolute atomic E-state index is 10.8. The molecule has 2 aliphatic heterocycles. The van der Waals surface area contributed by atoms with Gasteiger partial charge >= 0.3 is 0 Å². The van der Waals surface area contributed by atoms with Gasteiger partial charge in [0, 0.05) is 30.9 Å². The summed E-state index contributed by atoms with van der Waals surface area (Å²) < 4.78 is 0. The molecule has 4 nitrogen and oxygen atoms in total.